The first kappa shape index (κ1) is 19.7. The number of benzene rings is 1. The lowest BCUT2D eigenvalue weighted by Crippen LogP contribution is -2.51. The van der Waals surface area contributed by atoms with Crippen LogP contribution in [0.5, 0.6) is 11.5 Å². The molecule has 2 fully saturated rings. The summed E-state index contributed by atoms with van der Waals surface area (Å²) < 4.78 is 12.9. The first-order chi connectivity index (χ1) is 14.1. The highest BCUT2D eigenvalue weighted by Crippen LogP contribution is 2.41. The third kappa shape index (κ3) is 3.56. The Balaban J connectivity index is 1.72. The van der Waals surface area contributed by atoms with E-state index < -0.39 is 5.54 Å². The van der Waals surface area contributed by atoms with Crippen LogP contribution in [-0.2, 0) is 16.9 Å². The van der Waals surface area contributed by atoms with Gasteiger partial charge in [0.05, 0.1) is 26.8 Å². The summed E-state index contributed by atoms with van der Waals surface area (Å²) in [6.45, 7) is 2.51. The van der Waals surface area contributed by atoms with Crippen molar-refractivity contribution < 1.29 is 14.3 Å². The zero-order valence-corrected chi connectivity index (χ0v) is 17.4. The molecule has 156 valence electrons. The van der Waals surface area contributed by atoms with Crippen molar-refractivity contribution in [2.45, 2.75) is 70.0 Å². The Morgan fingerprint density at radius 1 is 1.17 bits per heavy atom. The van der Waals surface area contributed by atoms with Gasteiger partial charge in [-0.15, -0.1) is 5.10 Å². The molecule has 1 aliphatic heterocycles. The van der Waals surface area contributed by atoms with Crippen molar-refractivity contribution in [3.05, 3.63) is 29.6 Å². The van der Waals surface area contributed by atoms with Crippen LogP contribution < -0.4 is 9.47 Å². The van der Waals surface area contributed by atoms with Crippen LogP contribution in [0.1, 0.15) is 69.3 Å². The maximum atomic E-state index is 13.1. The molecule has 0 N–H and O–H groups in total. The Morgan fingerprint density at radius 2 is 1.97 bits per heavy atom. The molecule has 1 atom stereocenters. The molecule has 0 spiro atoms. The Labute approximate surface area is 171 Å². The average Bonchev–Trinajstić information content (AvgIpc) is 3.42. The number of methoxy groups -OCH3 is 2. The molecule has 4 rings (SSSR count). The molecule has 1 saturated heterocycles. The number of carbonyl (C=O) groups excluding carboxylic acids is 1. The van der Waals surface area contributed by atoms with E-state index in [1.54, 1.807) is 14.2 Å². The van der Waals surface area contributed by atoms with E-state index in [4.69, 9.17) is 9.47 Å². The molecule has 1 aliphatic carbocycles. The molecule has 0 radical (unpaired) electrons. The van der Waals surface area contributed by atoms with Gasteiger partial charge in [0.15, 0.2) is 5.82 Å². The van der Waals surface area contributed by atoms with E-state index in [9.17, 15) is 4.79 Å². The average molecular weight is 399 g/mol. The minimum Gasteiger partial charge on any atom is -0.497 e. The van der Waals surface area contributed by atoms with Crippen LogP contribution >= 0.6 is 0 Å². The van der Waals surface area contributed by atoms with Gasteiger partial charge >= 0.3 is 0 Å². The summed E-state index contributed by atoms with van der Waals surface area (Å²) in [5.41, 5.74) is 0.350. The summed E-state index contributed by atoms with van der Waals surface area (Å²) in [4.78, 5) is 15.0. The molecule has 8 heteroatoms. The van der Waals surface area contributed by atoms with Gasteiger partial charge < -0.3 is 14.4 Å². The topological polar surface area (TPSA) is 82.4 Å². The van der Waals surface area contributed by atoms with E-state index in [2.05, 4.69) is 22.4 Å². The third-order valence-electron chi connectivity index (χ3n) is 6.41. The van der Waals surface area contributed by atoms with Crippen molar-refractivity contribution in [2.75, 3.05) is 14.2 Å². The number of rotatable bonds is 6. The molecule has 1 aromatic heterocycles. The highest BCUT2D eigenvalue weighted by molar-refractivity contribution is 5.78. The molecule has 1 unspecified atom stereocenters. The van der Waals surface area contributed by atoms with Crippen molar-refractivity contribution >= 4 is 5.91 Å². The van der Waals surface area contributed by atoms with Crippen molar-refractivity contribution in [3.63, 3.8) is 0 Å². The Kier molecular flexibility index (Phi) is 5.43. The first-order valence-electron chi connectivity index (χ1n) is 10.4. The summed E-state index contributed by atoms with van der Waals surface area (Å²) in [5.74, 6) is 2.38. The van der Waals surface area contributed by atoms with E-state index in [-0.39, 0.29) is 5.91 Å². The molecule has 2 heterocycles. The lowest BCUT2D eigenvalue weighted by atomic mass is 9.86. The van der Waals surface area contributed by atoms with Gasteiger partial charge in [0.25, 0.3) is 0 Å². The van der Waals surface area contributed by atoms with Gasteiger partial charge in [-0.3, -0.25) is 4.79 Å². The minimum absolute atomic E-state index is 0.115. The zero-order chi connectivity index (χ0) is 20.4. The fourth-order valence-electron chi connectivity index (χ4n) is 4.74. The number of hydrogen-bond donors (Lipinski definition) is 0. The van der Waals surface area contributed by atoms with Crippen molar-refractivity contribution in [2.24, 2.45) is 0 Å². The molecular formula is C21H29N5O3. The van der Waals surface area contributed by atoms with Gasteiger partial charge in [0.1, 0.15) is 17.0 Å². The summed E-state index contributed by atoms with van der Waals surface area (Å²) in [6, 6.07) is 5.99. The molecule has 0 bridgehead atoms. The smallest absolute Gasteiger partial charge is 0.223 e. The number of nitrogens with zero attached hydrogens (tertiary/aromatic N) is 5. The standard InChI is InChI=1S/C21H29N5O3/c1-21(20-22-23-24-26(20)16-7-4-5-8-16)12-6-9-19(27)25(21)14-15-13-17(28-2)10-11-18(15)29-3/h10-11,13,16H,4-9,12,14H2,1-3H3. The van der Waals surface area contributed by atoms with Gasteiger partial charge in [-0.05, 0) is 61.2 Å². The molecule has 8 nitrogen and oxygen atoms in total. The maximum absolute atomic E-state index is 13.1. The molecule has 29 heavy (non-hydrogen) atoms. The van der Waals surface area contributed by atoms with Crippen LogP contribution in [0.25, 0.3) is 0 Å². The van der Waals surface area contributed by atoms with Gasteiger partial charge in [-0.25, -0.2) is 4.68 Å². The van der Waals surface area contributed by atoms with Crippen LogP contribution in [-0.4, -0.2) is 45.2 Å². The number of carbonyl (C=O) groups is 1. The van der Waals surface area contributed by atoms with E-state index >= 15 is 0 Å². The highest BCUT2D eigenvalue weighted by Gasteiger charge is 2.45. The van der Waals surface area contributed by atoms with Gasteiger partial charge in [-0.2, -0.15) is 0 Å². The number of hydrogen-bond acceptors (Lipinski definition) is 6. The molecule has 1 aromatic carbocycles. The Bertz CT molecular complexity index is 877. The van der Waals surface area contributed by atoms with Gasteiger partial charge in [-0.1, -0.05) is 12.8 Å². The van der Waals surface area contributed by atoms with Crippen LogP contribution in [0.2, 0.25) is 0 Å². The quantitative estimate of drug-likeness (QED) is 0.742. The summed E-state index contributed by atoms with van der Waals surface area (Å²) in [7, 11) is 3.28. The largest absolute Gasteiger partial charge is 0.497 e. The van der Waals surface area contributed by atoms with E-state index in [1.165, 1.54) is 12.8 Å². The SMILES string of the molecule is COc1ccc(OC)c(CN2C(=O)CCCC2(C)c2nnnn2C2CCCC2)c1. The monoisotopic (exact) mass is 399 g/mol. The second kappa shape index (κ2) is 8.00. The molecule has 1 saturated carbocycles. The van der Waals surface area contributed by atoms with Crippen LogP contribution in [0.15, 0.2) is 18.2 Å². The lowest BCUT2D eigenvalue weighted by molar-refractivity contribution is -0.143. The molecule has 1 amide bonds. The van der Waals surface area contributed by atoms with E-state index in [1.807, 2.05) is 27.8 Å². The first-order valence-corrected chi connectivity index (χ1v) is 10.4. The lowest BCUT2D eigenvalue weighted by Gasteiger charge is -2.44. The van der Waals surface area contributed by atoms with Crippen molar-refractivity contribution in [3.8, 4) is 11.5 Å². The number of aromatic nitrogens is 4. The molecule has 2 aliphatic rings. The fourth-order valence-corrected chi connectivity index (χ4v) is 4.74. The second-order valence-corrected chi connectivity index (χ2v) is 8.17. The zero-order valence-electron chi connectivity index (χ0n) is 17.4. The number of likely N-dealkylation sites (tertiary alicyclic amines) is 1. The summed E-state index contributed by atoms with van der Waals surface area (Å²) >= 11 is 0. The third-order valence-corrected chi connectivity index (χ3v) is 6.41. The van der Waals surface area contributed by atoms with Gasteiger partial charge in [0.2, 0.25) is 5.91 Å². The van der Waals surface area contributed by atoms with Crippen molar-refractivity contribution in [1.29, 1.82) is 0 Å². The maximum Gasteiger partial charge on any atom is 0.223 e. The normalized spacial score (nSPS) is 22.9. The van der Waals surface area contributed by atoms with E-state index in [0.29, 0.717) is 19.0 Å². The Hall–Kier alpha value is -2.64. The number of tetrazole rings is 1. The number of ether oxygens (including phenoxy) is 2. The molecular weight excluding hydrogens is 370 g/mol. The summed E-state index contributed by atoms with van der Waals surface area (Å²) in [6.07, 6.45) is 6.77. The molecule has 2 aromatic rings. The van der Waals surface area contributed by atoms with Crippen LogP contribution in [0, 0.1) is 0 Å². The summed E-state index contributed by atoms with van der Waals surface area (Å²) in [5, 5.41) is 12.7. The Morgan fingerprint density at radius 3 is 2.69 bits per heavy atom. The predicted molar refractivity (Wildman–Crippen MR) is 107 cm³/mol. The van der Waals surface area contributed by atoms with Crippen LogP contribution in [0.4, 0.5) is 0 Å². The number of amides is 1. The number of piperidine rings is 1. The predicted octanol–water partition coefficient (Wildman–Crippen LogP) is 3.23. The highest BCUT2D eigenvalue weighted by atomic mass is 16.5. The van der Waals surface area contributed by atoms with Crippen molar-refractivity contribution in [1.82, 2.24) is 25.1 Å². The van der Waals surface area contributed by atoms with Crippen LogP contribution in [0.3, 0.4) is 0 Å². The van der Waals surface area contributed by atoms with E-state index in [0.717, 1.165) is 48.6 Å². The van der Waals surface area contributed by atoms with Gasteiger partial charge in [0, 0.05) is 12.0 Å². The fraction of sp³-hybridized carbons (Fsp3) is 0.619. The second-order valence-electron chi connectivity index (χ2n) is 8.17. The minimum atomic E-state index is -0.560.